The van der Waals surface area contributed by atoms with Crippen LogP contribution in [0.5, 0.6) is 0 Å². The van der Waals surface area contributed by atoms with Crippen molar-refractivity contribution in [2.24, 2.45) is 0 Å². The summed E-state index contributed by atoms with van der Waals surface area (Å²) in [4.78, 5) is 6.04. The number of hydrogen-bond acceptors (Lipinski definition) is 2. The van der Waals surface area contributed by atoms with Gasteiger partial charge in [0.2, 0.25) is 0 Å². The van der Waals surface area contributed by atoms with Gasteiger partial charge in [0, 0.05) is 16.5 Å². The number of benzene rings is 2. The van der Waals surface area contributed by atoms with Crippen molar-refractivity contribution in [3.63, 3.8) is 0 Å². The van der Waals surface area contributed by atoms with Crippen molar-refractivity contribution in [2.45, 2.75) is 4.90 Å². The van der Waals surface area contributed by atoms with Crippen LogP contribution in [0.1, 0.15) is 0 Å². The van der Waals surface area contributed by atoms with E-state index >= 15 is 0 Å². The van der Waals surface area contributed by atoms with Crippen molar-refractivity contribution in [2.75, 3.05) is 6.26 Å². The Hall–Kier alpha value is -2.00. The summed E-state index contributed by atoms with van der Waals surface area (Å²) >= 11 is 1.76. The Morgan fingerprint density at radius 1 is 1.05 bits per heavy atom. The maximum atomic E-state index is 4.77. The minimum atomic E-state index is 1.03. The molecule has 0 spiro atoms. The van der Waals surface area contributed by atoms with E-state index in [0.717, 1.165) is 11.2 Å². The minimum Gasteiger partial charge on any atom is -0.299 e. The van der Waals surface area contributed by atoms with Gasteiger partial charge < -0.3 is 0 Å². The molecule has 0 saturated carbocycles. The predicted molar refractivity (Wildman–Crippen MR) is 82.0 cm³/mol. The third-order valence-corrected chi connectivity index (χ3v) is 4.23. The molecule has 0 aliphatic carbocycles. The van der Waals surface area contributed by atoms with Crippen LogP contribution in [0.25, 0.3) is 27.5 Å². The number of pyridine rings is 1. The lowest BCUT2D eigenvalue weighted by atomic mass is 10.2. The van der Waals surface area contributed by atoms with Gasteiger partial charge in [0.15, 0.2) is 0 Å². The smallest absolute Gasteiger partial charge is 0.145 e. The first-order valence-corrected chi connectivity index (χ1v) is 7.43. The monoisotopic (exact) mass is 264 g/mol. The lowest BCUT2D eigenvalue weighted by Crippen LogP contribution is -1.85. The summed E-state index contributed by atoms with van der Waals surface area (Å²) in [6, 6.07) is 17.0. The Morgan fingerprint density at radius 3 is 2.84 bits per heavy atom. The minimum absolute atomic E-state index is 1.03. The lowest BCUT2D eigenvalue weighted by Gasteiger charge is -2.01. The summed E-state index contributed by atoms with van der Waals surface area (Å²) in [6.45, 7) is 0. The van der Waals surface area contributed by atoms with Gasteiger partial charge in [0.1, 0.15) is 5.65 Å². The highest BCUT2D eigenvalue weighted by Gasteiger charge is 2.07. The number of rotatable bonds is 1. The second kappa shape index (κ2) is 4.00. The number of fused-ring (bicyclic) bond motifs is 5. The molecule has 2 aromatic heterocycles. The van der Waals surface area contributed by atoms with Crippen molar-refractivity contribution in [1.29, 1.82) is 0 Å². The van der Waals surface area contributed by atoms with Crippen LogP contribution in [0, 0.1) is 0 Å². The molecule has 4 rings (SSSR count). The van der Waals surface area contributed by atoms with E-state index in [1.54, 1.807) is 11.8 Å². The molecule has 4 aromatic rings. The van der Waals surface area contributed by atoms with Crippen LogP contribution in [0.15, 0.2) is 59.6 Å². The van der Waals surface area contributed by atoms with Gasteiger partial charge in [-0.05, 0) is 35.9 Å². The summed E-state index contributed by atoms with van der Waals surface area (Å²) in [5.41, 5.74) is 3.26. The molecule has 2 aromatic carbocycles. The van der Waals surface area contributed by atoms with Crippen LogP contribution in [0.3, 0.4) is 0 Å². The maximum absolute atomic E-state index is 4.77. The van der Waals surface area contributed by atoms with Crippen LogP contribution in [-0.4, -0.2) is 15.6 Å². The molecule has 0 aliphatic heterocycles. The van der Waals surface area contributed by atoms with Crippen LogP contribution in [0.2, 0.25) is 0 Å². The zero-order chi connectivity index (χ0) is 12.8. The van der Waals surface area contributed by atoms with E-state index in [0.29, 0.717) is 0 Å². The summed E-state index contributed by atoms with van der Waals surface area (Å²) in [5.74, 6) is 0. The molecular formula is C16H12N2S. The van der Waals surface area contributed by atoms with Crippen molar-refractivity contribution < 1.29 is 0 Å². The quantitative estimate of drug-likeness (QED) is 0.475. The zero-order valence-electron chi connectivity index (χ0n) is 10.5. The third-order valence-electron chi connectivity index (χ3n) is 3.50. The Morgan fingerprint density at radius 2 is 1.95 bits per heavy atom. The maximum Gasteiger partial charge on any atom is 0.145 e. The molecular weight excluding hydrogens is 252 g/mol. The highest BCUT2D eigenvalue weighted by Crippen LogP contribution is 2.26. The number of aromatic nitrogens is 2. The highest BCUT2D eigenvalue weighted by atomic mass is 32.2. The van der Waals surface area contributed by atoms with Gasteiger partial charge in [0.25, 0.3) is 0 Å². The third kappa shape index (κ3) is 1.55. The molecule has 0 radical (unpaired) electrons. The van der Waals surface area contributed by atoms with E-state index in [1.807, 2.05) is 0 Å². The first-order valence-electron chi connectivity index (χ1n) is 6.20. The van der Waals surface area contributed by atoms with E-state index in [1.165, 1.54) is 21.2 Å². The predicted octanol–water partition coefficient (Wildman–Crippen LogP) is 4.36. The van der Waals surface area contributed by atoms with Gasteiger partial charge in [-0.1, -0.05) is 24.3 Å². The highest BCUT2D eigenvalue weighted by molar-refractivity contribution is 7.98. The Bertz CT molecular complexity index is 908. The zero-order valence-corrected chi connectivity index (χ0v) is 11.3. The number of imidazole rings is 1. The second-order valence-corrected chi connectivity index (χ2v) is 5.44. The average Bonchev–Trinajstić information content (AvgIpc) is 2.85. The molecule has 0 atom stereocenters. The van der Waals surface area contributed by atoms with Crippen LogP contribution >= 0.6 is 11.8 Å². The molecule has 0 saturated heterocycles. The molecule has 0 aliphatic rings. The first kappa shape index (κ1) is 10.9. The van der Waals surface area contributed by atoms with Crippen LogP contribution < -0.4 is 0 Å². The van der Waals surface area contributed by atoms with E-state index in [-0.39, 0.29) is 0 Å². The summed E-state index contributed by atoms with van der Waals surface area (Å²) < 4.78 is 2.18. The lowest BCUT2D eigenvalue weighted by molar-refractivity contribution is 1.24. The molecule has 0 amide bonds. The summed E-state index contributed by atoms with van der Waals surface area (Å²) in [5, 5.41) is 2.43. The standard InChI is InChI=1S/C16H12N2S/c1-19-12-6-7-14-15(10-12)18-9-8-11-4-2-3-5-13(11)16(18)17-14/h2-10H,1H3. The van der Waals surface area contributed by atoms with E-state index in [2.05, 4.69) is 65.4 Å². The van der Waals surface area contributed by atoms with Crippen molar-refractivity contribution in [3.8, 4) is 0 Å². The first-order chi connectivity index (χ1) is 9.36. The number of thioether (sulfide) groups is 1. The van der Waals surface area contributed by atoms with Crippen molar-refractivity contribution >= 4 is 39.2 Å². The van der Waals surface area contributed by atoms with Crippen molar-refractivity contribution in [1.82, 2.24) is 9.38 Å². The van der Waals surface area contributed by atoms with E-state index in [9.17, 15) is 0 Å². The van der Waals surface area contributed by atoms with Crippen LogP contribution in [0.4, 0.5) is 0 Å². The topological polar surface area (TPSA) is 17.3 Å². The fourth-order valence-corrected chi connectivity index (χ4v) is 2.98. The van der Waals surface area contributed by atoms with Gasteiger partial charge in [-0.15, -0.1) is 11.8 Å². The summed E-state index contributed by atoms with van der Waals surface area (Å²) in [7, 11) is 0. The molecule has 0 N–H and O–H groups in total. The molecule has 2 heterocycles. The largest absolute Gasteiger partial charge is 0.299 e. The van der Waals surface area contributed by atoms with Gasteiger partial charge in [-0.25, -0.2) is 4.98 Å². The Balaban J connectivity index is 2.21. The van der Waals surface area contributed by atoms with Gasteiger partial charge >= 0.3 is 0 Å². The molecule has 92 valence electrons. The van der Waals surface area contributed by atoms with Crippen molar-refractivity contribution in [3.05, 3.63) is 54.7 Å². The fraction of sp³-hybridized carbons (Fsp3) is 0.0625. The Kier molecular flexibility index (Phi) is 2.29. The molecule has 19 heavy (non-hydrogen) atoms. The second-order valence-electron chi connectivity index (χ2n) is 4.56. The van der Waals surface area contributed by atoms with E-state index in [4.69, 9.17) is 4.98 Å². The Labute approximate surface area is 115 Å². The number of hydrogen-bond donors (Lipinski definition) is 0. The molecule has 0 bridgehead atoms. The molecule has 0 unspecified atom stereocenters. The van der Waals surface area contributed by atoms with Crippen LogP contribution in [-0.2, 0) is 0 Å². The molecule has 3 heteroatoms. The molecule has 0 fully saturated rings. The SMILES string of the molecule is CSc1ccc2nc3c4ccccc4ccn3c2c1. The molecule has 2 nitrogen and oxygen atoms in total. The summed E-state index contributed by atoms with van der Waals surface area (Å²) in [6.07, 6.45) is 4.21. The van der Waals surface area contributed by atoms with Gasteiger partial charge in [-0.3, -0.25) is 4.40 Å². The van der Waals surface area contributed by atoms with Gasteiger partial charge in [-0.2, -0.15) is 0 Å². The van der Waals surface area contributed by atoms with E-state index < -0.39 is 0 Å². The number of nitrogens with zero attached hydrogens (tertiary/aromatic N) is 2. The normalized spacial score (nSPS) is 11.6. The fourth-order valence-electron chi connectivity index (χ4n) is 2.54. The average molecular weight is 264 g/mol. The van der Waals surface area contributed by atoms with Gasteiger partial charge in [0.05, 0.1) is 11.0 Å².